The van der Waals surface area contributed by atoms with Gasteiger partial charge in [-0.25, -0.2) is 13.8 Å². The SMILES string of the molecule is [CH2-]C(N)=CC(C)=N.[CH2-]C(N)=CC(C)=N.[Cu+2]. The van der Waals surface area contributed by atoms with Gasteiger partial charge in [-0.2, -0.15) is 12.2 Å². The summed E-state index contributed by atoms with van der Waals surface area (Å²) in [5.74, 6) is 0. The van der Waals surface area contributed by atoms with Crippen molar-refractivity contribution in [2.75, 3.05) is 0 Å². The van der Waals surface area contributed by atoms with E-state index in [1.807, 2.05) is 0 Å². The summed E-state index contributed by atoms with van der Waals surface area (Å²) in [5, 5.41) is 13.7. The van der Waals surface area contributed by atoms with E-state index in [0.29, 0.717) is 22.8 Å². The summed E-state index contributed by atoms with van der Waals surface area (Å²) < 4.78 is 0. The fourth-order valence-electron chi connectivity index (χ4n) is 0.556. The van der Waals surface area contributed by atoms with Gasteiger partial charge in [0.05, 0.1) is 0 Å². The minimum atomic E-state index is 0. The van der Waals surface area contributed by atoms with E-state index in [2.05, 4.69) is 13.8 Å². The maximum absolute atomic E-state index is 6.83. The fraction of sp³-hybridized carbons (Fsp3) is 0.200. The number of nitrogens with two attached hydrogens (primary N) is 2. The van der Waals surface area contributed by atoms with E-state index >= 15 is 0 Å². The first-order valence-electron chi connectivity index (χ1n) is 3.94. The molecule has 0 aliphatic carbocycles. The number of rotatable bonds is 2. The van der Waals surface area contributed by atoms with E-state index in [9.17, 15) is 0 Å². The molecular weight excluding hydrogens is 240 g/mol. The Labute approximate surface area is 102 Å². The van der Waals surface area contributed by atoms with Crippen LogP contribution >= 0.6 is 0 Å². The molecule has 0 rings (SSSR count). The molecule has 0 atom stereocenters. The third kappa shape index (κ3) is 32.4. The zero-order chi connectivity index (χ0) is 11.7. The van der Waals surface area contributed by atoms with E-state index in [1.165, 1.54) is 12.2 Å². The first-order valence-corrected chi connectivity index (χ1v) is 3.94. The van der Waals surface area contributed by atoms with Gasteiger partial charge in [-0.05, 0) is 25.3 Å². The Bertz CT molecular complexity index is 231. The molecule has 89 valence electrons. The number of hydrogen-bond donors (Lipinski definition) is 4. The zero-order valence-electron chi connectivity index (χ0n) is 9.03. The van der Waals surface area contributed by atoms with Gasteiger partial charge in [0, 0.05) is 0 Å². The van der Waals surface area contributed by atoms with Gasteiger partial charge >= 0.3 is 17.1 Å². The van der Waals surface area contributed by atoms with Crippen LogP contribution in [0.3, 0.4) is 0 Å². The summed E-state index contributed by atoms with van der Waals surface area (Å²) in [7, 11) is 0. The van der Waals surface area contributed by atoms with Crippen LogP contribution in [0.15, 0.2) is 23.5 Å². The molecule has 0 amide bonds. The van der Waals surface area contributed by atoms with Crippen molar-refractivity contribution < 1.29 is 17.1 Å². The van der Waals surface area contributed by atoms with Gasteiger partial charge in [0.25, 0.3) is 0 Å². The van der Waals surface area contributed by atoms with Crippen molar-refractivity contribution in [1.82, 2.24) is 0 Å². The summed E-state index contributed by atoms with van der Waals surface area (Å²) in [6.45, 7) is 10.1. The quantitative estimate of drug-likeness (QED) is 0.342. The van der Waals surface area contributed by atoms with Crippen molar-refractivity contribution in [3.05, 3.63) is 37.4 Å². The molecule has 0 saturated carbocycles. The van der Waals surface area contributed by atoms with Gasteiger partial charge in [-0.3, -0.25) is 0 Å². The van der Waals surface area contributed by atoms with Crippen LogP contribution in [-0.2, 0) is 17.1 Å². The predicted molar refractivity (Wildman–Crippen MR) is 62.1 cm³/mol. The van der Waals surface area contributed by atoms with Gasteiger partial charge in [-0.15, -0.1) is 11.4 Å². The van der Waals surface area contributed by atoms with Gasteiger partial charge in [0.15, 0.2) is 0 Å². The Morgan fingerprint density at radius 1 is 0.933 bits per heavy atom. The monoisotopic (exact) mass is 257 g/mol. The maximum atomic E-state index is 6.83. The summed E-state index contributed by atoms with van der Waals surface area (Å²) >= 11 is 0. The molecule has 0 unspecified atom stereocenters. The first kappa shape index (κ1) is 19.3. The van der Waals surface area contributed by atoms with E-state index in [-0.39, 0.29) is 17.1 Å². The van der Waals surface area contributed by atoms with Crippen LogP contribution in [0, 0.1) is 24.7 Å². The molecule has 0 fully saturated rings. The molecule has 0 heterocycles. The number of nitrogens with one attached hydrogen (secondary N) is 2. The van der Waals surface area contributed by atoms with Crippen LogP contribution in [0.2, 0.25) is 0 Å². The van der Waals surface area contributed by atoms with Crippen molar-refractivity contribution in [1.29, 1.82) is 10.8 Å². The molecule has 15 heavy (non-hydrogen) atoms. The van der Waals surface area contributed by atoms with Gasteiger partial charge in [0.2, 0.25) is 0 Å². The Kier molecular flexibility index (Phi) is 13.8. The van der Waals surface area contributed by atoms with Crippen LogP contribution in [0.4, 0.5) is 0 Å². The van der Waals surface area contributed by atoms with Crippen molar-refractivity contribution >= 4 is 11.4 Å². The van der Waals surface area contributed by atoms with Crippen LogP contribution < -0.4 is 11.5 Å². The summed E-state index contributed by atoms with van der Waals surface area (Å²) in [6, 6.07) is 0. The minimum absolute atomic E-state index is 0. The molecule has 1 radical (unpaired) electrons. The second-order valence-corrected chi connectivity index (χ2v) is 2.80. The minimum Gasteiger partial charge on any atom is -0.431 e. The molecule has 0 bridgehead atoms. The van der Waals surface area contributed by atoms with Crippen LogP contribution in [0.5, 0.6) is 0 Å². The molecule has 0 spiro atoms. The zero-order valence-corrected chi connectivity index (χ0v) is 9.97. The predicted octanol–water partition coefficient (Wildman–Crippen LogP) is 1.40. The number of allylic oxidation sites excluding steroid dienone is 4. The summed E-state index contributed by atoms with van der Waals surface area (Å²) in [6.07, 6.45) is 3.00. The van der Waals surface area contributed by atoms with Gasteiger partial charge in [-0.1, -0.05) is 0 Å². The average molecular weight is 258 g/mol. The molecule has 0 aliphatic rings. The van der Waals surface area contributed by atoms with Crippen molar-refractivity contribution in [2.24, 2.45) is 11.5 Å². The van der Waals surface area contributed by atoms with E-state index in [4.69, 9.17) is 22.3 Å². The molecule has 5 heteroatoms. The topological polar surface area (TPSA) is 99.7 Å². The third-order valence-corrected chi connectivity index (χ3v) is 0.804. The molecular formula is C10H18CuN4. The Balaban J connectivity index is -0.000000180. The molecule has 4 nitrogen and oxygen atoms in total. The normalized spacial score (nSPS) is 10.5. The van der Waals surface area contributed by atoms with Crippen LogP contribution in [0.25, 0.3) is 0 Å². The maximum Gasteiger partial charge on any atom is 2.00 e. The fourth-order valence-corrected chi connectivity index (χ4v) is 0.556. The average Bonchev–Trinajstić information content (AvgIpc) is 1.79. The Morgan fingerprint density at radius 2 is 1.13 bits per heavy atom. The number of hydrogen-bond acceptors (Lipinski definition) is 4. The smallest absolute Gasteiger partial charge is 0.431 e. The van der Waals surface area contributed by atoms with E-state index in [1.54, 1.807) is 13.8 Å². The standard InChI is InChI=1S/2C5H9N2.Cu/c2*1-4(6)3-5(2)7;/h2*3,7H,1,6H2,2H3;/q2*-1;+2. The van der Waals surface area contributed by atoms with Crippen molar-refractivity contribution in [3.8, 4) is 0 Å². The second-order valence-electron chi connectivity index (χ2n) is 2.80. The van der Waals surface area contributed by atoms with Crippen LogP contribution in [0.1, 0.15) is 13.8 Å². The van der Waals surface area contributed by atoms with E-state index in [0.717, 1.165) is 0 Å². The largest absolute Gasteiger partial charge is 2.00 e. The molecule has 0 aromatic rings. The Hall–Kier alpha value is -1.32. The third-order valence-electron chi connectivity index (χ3n) is 0.804. The Morgan fingerprint density at radius 3 is 1.13 bits per heavy atom. The summed E-state index contributed by atoms with van der Waals surface area (Å²) in [5.41, 5.74) is 12.0. The van der Waals surface area contributed by atoms with E-state index < -0.39 is 0 Å². The molecule has 0 aromatic heterocycles. The van der Waals surface area contributed by atoms with Crippen molar-refractivity contribution in [3.63, 3.8) is 0 Å². The first-order chi connectivity index (χ1) is 6.25. The molecule has 6 N–H and O–H groups in total. The van der Waals surface area contributed by atoms with Gasteiger partial charge < -0.3 is 22.3 Å². The van der Waals surface area contributed by atoms with Gasteiger partial charge in [0.1, 0.15) is 0 Å². The molecule has 0 saturated heterocycles. The van der Waals surface area contributed by atoms with Crippen molar-refractivity contribution in [2.45, 2.75) is 13.8 Å². The second kappa shape index (κ2) is 10.8. The molecule has 0 aromatic carbocycles. The van der Waals surface area contributed by atoms with Crippen LogP contribution in [-0.4, -0.2) is 11.4 Å². The summed E-state index contributed by atoms with van der Waals surface area (Å²) in [4.78, 5) is 0. The molecule has 0 aliphatic heterocycles.